The van der Waals surface area contributed by atoms with Crippen LogP contribution in [0.5, 0.6) is 0 Å². The van der Waals surface area contributed by atoms with Crippen molar-refractivity contribution in [1.82, 2.24) is 0 Å². The van der Waals surface area contributed by atoms with Crippen LogP contribution in [0.25, 0.3) is 0 Å². The van der Waals surface area contributed by atoms with E-state index in [4.69, 9.17) is 10.00 Å². The van der Waals surface area contributed by atoms with Gasteiger partial charge in [0.05, 0.1) is 18.1 Å². The molecule has 9 heteroatoms. The summed E-state index contributed by atoms with van der Waals surface area (Å²) in [5, 5.41) is 8.99. The zero-order chi connectivity index (χ0) is 21.4. The van der Waals surface area contributed by atoms with Crippen molar-refractivity contribution in [3.63, 3.8) is 0 Å². The van der Waals surface area contributed by atoms with E-state index in [-0.39, 0.29) is 0 Å². The van der Waals surface area contributed by atoms with E-state index in [9.17, 15) is 18.0 Å². The first-order valence-corrected chi connectivity index (χ1v) is 8.40. The van der Waals surface area contributed by atoms with Crippen LogP contribution in [0.1, 0.15) is 41.2 Å². The van der Waals surface area contributed by atoms with Gasteiger partial charge in [-0.2, -0.15) is 14.0 Å². The number of nitrogens with zero attached hydrogens (tertiary/aromatic N) is 1. The number of benzene rings is 2. The van der Waals surface area contributed by atoms with Crippen molar-refractivity contribution in [2.24, 2.45) is 0 Å². The third kappa shape index (κ3) is 2.17. The van der Waals surface area contributed by atoms with Gasteiger partial charge in [0.25, 0.3) is 5.92 Å². The van der Waals surface area contributed by atoms with Gasteiger partial charge < -0.3 is 4.74 Å². The normalized spacial score (nSPS) is 27.9. The van der Waals surface area contributed by atoms with Crippen molar-refractivity contribution < 1.29 is 35.9 Å². The molecular weight excluding hydrogens is 400 g/mol. The second-order valence-electron chi connectivity index (χ2n) is 7.10. The van der Waals surface area contributed by atoms with Crippen LogP contribution in [0.2, 0.25) is 0 Å². The Bertz CT molecular complexity index is 1110. The number of nitriles is 1. The fraction of sp³-hybridized carbons (Fsp3) is 0.300. The molecule has 2 aromatic carbocycles. The molecule has 2 aromatic rings. The summed E-state index contributed by atoms with van der Waals surface area (Å²) in [7, 11) is 0. The lowest BCUT2D eigenvalue weighted by Gasteiger charge is -2.38. The topological polar surface area (TPSA) is 50.1 Å². The highest BCUT2D eigenvalue weighted by atomic mass is 19.3. The summed E-state index contributed by atoms with van der Waals surface area (Å²) in [4.78, 5) is 11.6. The quantitative estimate of drug-likeness (QED) is 0.526. The Morgan fingerprint density at radius 3 is 2.38 bits per heavy atom. The van der Waals surface area contributed by atoms with Crippen LogP contribution in [0.15, 0.2) is 36.4 Å². The third-order valence-corrected chi connectivity index (χ3v) is 5.39. The van der Waals surface area contributed by atoms with Gasteiger partial charge in [-0.1, -0.05) is 18.2 Å². The number of hydrogen-bond acceptors (Lipinski definition) is 3. The smallest absolute Gasteiger partial charge is 0.332 e. The van der Waals surface area contributed by atoms with E-state index >= 15 is 13.2 Å². The van der Waals surface area contributed by atoms with E-state index in [0.29, 0.717) is 6.07 Å². The summed E-state index contributed by atoms with van der Waals surface area (Å²) < 4.78 is 95.4. The predicted octanol–water partition coefficient (Wildman–Crippen LogP) is 4.81. The lowest BCUT2D eigenvalue weighted by Crippen LogP contribution is -2.53. The molecule has 0 heterocycles. The molecule has 2 aliphatic rings. The SMILES string of the molecule is CC(=O)OC12CC(F)(F)c3cccc(c31)C(F)(c1cc(F)cc(C#N)c1)C2(F)F. The van der Waals surface area contributed by atoms with Crippen molar-refractivity contribution in [3.05, 3.63) is 70.0 Å². The minimum absolute atomic E-state index is 0.432. The Morgan fingerprint density at radius 1 is 1.10 bits per heavy atom. The van der Waals surface area contributed by atoms with Gasteiger partial charge in [-0.05, 0) is 18.2 Å². The number of rotatable bonds is 2. The molecule has 3 nitrogen and oxygen atoms in total. The molecule has 0 amide bonds. The van der Waals surface area contributed by atoms with Gasteiger partial charge in [-0.3, -0.25) is 4.79 Å². The van der Waals surface area contributed by atoms with Crippen molar-refractivity contribution >= 4 is 5.97 Å². The number of esters is 1. The van der Waals surface area contributed by atoms with E-state index in [1.54, 1.807) is 0 Å². The molecule has 0 saturated heterocycles. The number of ether oxygens (including phenoxy) is 1. The van der Waals surface area contributed by atoms with Crippen LogP contribution in [0, 0.1) is 17.1 Å². The summed E-state index contributed by atoms with van der Waals surface area (Å²) in [6, 6.07) is 6.15. The Balaban J connectivity index is 2.12. The highest BCUT2D eigenvalue weighted by molar-refractivity contribution is 5.70. The maximum absolute atomic E-state index is 16.3. The molecule has 4 rings (SSSR count). The Kier molecular flexibility index (Phi) is 3.68. The average Bonchev–Trinajstić information content (AvgIpc) is 2.94. The third-order valence-electron chi connectivity index (χ3n) is 5.39. The molecule has 29 heavy (non-hydrogen) atoms. The van der Waals surface area contributed by atoms with Gasteiger partial charge in [0.2, 0.25) is 11.3 Å². The summed E-state index contributed by atoms with van der Waals surface area (Å²) in [5.74, 6) is -11.0. The van der Waals surface area contributed by atoms with E-state index in [1.807, 2.05) is 0 Å². The second-order valence-corrected chi connectivity index (χ2v) is 7.10. The van der Waals surface area contributed by atoms with Crippen molar-refractivity contribution in [2.75, 3.05) is 0 Å². The summed E-state index contributed by atoms with van der Waals surface area (Å²) >= 11 is 0. The molecule has 0 aliphatic heterocycles. The van der Waals surface area contributed by atoms with Crippen molar-refractivity contribution in [2.45, 2.75) is 36.5 Å². The van der Waals surface area contributed by atoms with Gasteiger partial charge in [0.1, 0.15) is 5.82 Å². The first-order chi connectivity index (χ1) is 13.4. The van der Waals surface area contributed by atoms with Gasteiger partial charge in [-0.15, -0.1) is 0 Å². The minimum atomic E-state index is -4.72. The number of carbonyl (C=O) groups excluding carboxylic acids is 1. The average molecular weight is 411 g/mol. The van der Waals surface area contributed by atoms with E-state index in [0.717, 1.165) is 37.3 Å². The first-order valence-electron chi connectivity index (χ1n) is 8.40. The summed E-state index contributed by atoms with van der Waals surface area (Å²) in [6.07, 6.45) is -1.66. The van der Waals surface area contributed by atoms with Crippen molar-refractivity contribution in [1.29, 1.82) is 5.26 Å². The fourth-order valence-electron chi connectivity index (χ4n) is 4.38. The Hall–Kier alpha value is -3.02. The van der Waals surface area contributed by atoms with Crippen molar-refractivity contribution in [3.8, 4) is 6.07 Å². The molecule has 0 radical (unpaired) electrons. The Morgan fingerprint density at radius 2 is 1.76 bits per heavy atom. The van der Waals surface area contributed by atoms with Crippen LogP contribution < -0.4 is 0 Å². The number of halogens is 6. The maximum atomic E-state index is 16.3. The number of alkyl halides is 5. The van der Waals surface area contributed by atoms with E-state index in [1.165, 1.54) is 6.07 Å². The van der Waals surface area contributed by atoms with Gasteiger partial charge in [0, 0.05) is 29.2 Å². The second kappa shape index (κ2) is 5.53. The molecule has 0 spiro atoms. The zero-order valence-corrected chi connectivity index (χ0v) is 14.7. The predicted molar refractivity (Wildman–Crippen MR) is 86.3 cm³/mol. The number of hydrogen-bond donors (Lipinski definition) is 0. The Labute approximate surface area is 160 Å². The van der Waals surface area contributed by atoms with Crippen LogP contribution in [-0.4, -0.2) is 11.9 Å². The van der Waals surface area contributed by atoms with E-state index in [2.05, 4.69) is 0 Å². The maximum Gasteiger partial charge on any atom is 0.332 e. The van der Waals surface area contributed by atoms with Crippen LogP contribution >= 0.6 is 0 Å². The monoisotopic (exact) mass is 411 g/mol. The fourth-order valence-corrected chi connectivity index (χ4v) is 4.38. The molecule has 0 aromatic heterocycles. The highest BCUT2D eigenvalue weighted by Gasteiger charge is 2.82. The molecule has 150 valence electrons. The number of carbonyl (C=O) groups is 1. The molecule has 0 N–H and O–H groups in total. The summed E-state index contributed by atoms with van der Waals surface area (Å²) in [6.45, 7) is 0.748. The van der Waals surface area contributed by atoms with Gasteiger partial charge in [0.15, 0.2) is 0 Å². The van der Waals surface area contributed by atoms with Gasteiger partial charge >= 0.3 is 11.9 Å². The largest absolute Gasteiger partial charge is 0.447 e. The molecule has 0 saturated carbocycles. The lowest BCUT2D eigenvalue weighted by molar-refractivity contribution is -0.258. The standard InChI is InChI=1S/C20H11F6NO2/c1-10(28)29-17-9-18(22,23)14-3-2-4-15(16(14)17)19(24,20(17,25)26)12-5-11(8-27)6-13(21)7-12/h2-7H,9H2,1H3. The molecule has 2 atom stereocenters. The molecule has 2 aliphatic carbocycles. The molecule has 0 bridgehead atoms. The molecular formula is C20H11F6NO2. The van der Waals surface area contributed by atoms with Crippen LogP contribution in [0.3, 0.4) is 0 Å². The summed E-state index contributed by atoms with van der Waals surface area (Å²) in [5.41, 5.74) is -11.0. The molecule has 2 unspecified atom stereocenters. The van der Waals surface area contributed by atoms with Gasteiger partial charge in [-0.25, -0.2) is 17.6 Å². The zero-order valence-electron chi connectivity index (χ0n) is 14.7. The molecule has 0 fully saturated rings. The first kappa shape index (κ1) is 19.3. The lowest BCUT2D eigenvalue weighted by atomic mass is 9.82. The highest BCUT2D eigenvalue weighted by Crippen LogP contribution is 2.71. The minimum Gasteiger partial charge on any atom is -0.447 e. The van der Waals surface area contributed by atoms with Crippen LogP contribution in [0.4, 0.5) is 26.3 Å². The van der Waals surface area contributed by atoms with Crippen LogP contribution in [-0.2, 0) is 26.7 Å². The van der Waals surface area contributed by atoms with E-state index < -0.39 is 69.1 Å².